The van der Waals surface area contributed by atoms with Gasteiger partial charge in [0.05, 0.1) is 12.6 Å². The van der Waals surface area contributed by atoms with E-state index in [0.717, 1.165) is 37.0 Å². The standard InChI is InChI=1S/C15H21N3O2/c1-20-10-14(11-2-3-11)17-12-4-6-13(7-5-12)18-9-8-16-15(18)19/h4-7,11,14,17H,2-3,8-10H2,1H3,(H,16,19). The largest absolute Gasteiger partial charge is 0.383 e. The number of carbonyl (C=O) groups is 1. The Labute approximate surface area is 119 Å². The number of methoxy groups -OCH3 is 1. The average molecular weight is 275 g/mol. The van der Waals surface area contributed by atoms with Gasteiger partial charge in [0.1, 0.15) is 0 Å². The quantitative estimate of drug-likeness (QED) is 0.835. The summed E-state index contributed by atoms with van der Waals surface area (Å²) in [6.07, 6.45) is 2.57. The summed E-state index contributed by atoms with van der Waals surface area (Å²) >= 11 is 0. The zero-order valence-electron chi connectivity index (χ0n) is 11.8. The van der Waals surface area contributed by atoms with Crippen molar-refractivity contribution in [2.24, 2.45) is 5.92 Å². The van der Waals surface area contributed by atoms with Gasteiger partial charge in [-0.25, -0.2) is 4.79 Å². The number of hydrogen-bond acceptors (Lipinski definition) is 3. The number of nitrogens with zero attached hydrogens (tertiary/aromatic N) is 1. The minimum absolute atomic E-state index is 0.0130. The number of carbonyl (C=O) groups excluding carboxylic acids is 1. The Morgan fingerprint density at radius 2 is 2.15 bits per heavy atom. The molecule has 1 aromatic carbocycles. The molecular formula is C15H21N3O2. The van der Waals surface area contributed by atoms with Gasteiger partial charge in [-0.1, -0.05) is 0 Å². The number of benzene rings is 1. The van der Waals surface area contributed by atoms with Crippen LogP contribution in [0.15, 0.2) is 24.3 Å². The highest BCUT2D eigenvalue weighted by Gasteiger charge is 2.31. The molecule has 1 aliphatic heterocycles. The number of rotatable bonds is 6. The Hall–Kier alpha value is -1.75. The second kappa shape index (κ2) is 5.71. The van der Waals surface area contributed by atoms with E-state index in [-0.39, 0.29) is 6.03 Å². The lowest BCUT2D eigenvalue weighted by molar-refractivity contribution is 0.179. The van der Waals surface area contributed by atoms with Crippen molar-refractivity contribution in [1.82, 2.24) is 5.32 Å². The van der Waals surface area contributed by atoms with Gasteiger partial charge < -0.3 is 15.4 Å². The molecule has 1 aliphatic carbocycles. The van der Waals surface area contributed by atoms with Gasteiger partial charge in [0.2, 0.25) is 0 Å². The normalized spacial score (nSPS) is 19.9. The summed E-state index contributed by atoms with van der Waals surface area (Å²) in [4.78, 5) is 13.4. The van der Waals surface area contributed by atoms with E-state index in [1.807, 2.05) is 24.3 Å². The number of urea groups is 1. The molecule has 2 aliphatic rings. The van der Waals surface area contributed by atoms with Crippen LogP contribution in [0.25, 0.3) is 0 Å². The van der Waals surface area contributed by atoms with Crippen LogP contribution in [0.1, 0.15) is 12.8 Å². The van der Waals surface area contributed by atoms with Gasteiger partial charge in [0.15, 0.2) is 0 Å². The Morgan fingerprint density at radius 1 is 1.40 bits per heavy atom. The summed E-state index contributed by atoms with van der Waals surface area (Å²) < 4.78 is 5.27. The molecule has 3 rings (SSSR count). The van der Waals surface area contributed by atoms with Gasteiger partial charge in [-0.3, -0.25) is 4.90 Å². The monoisotopic (exact) mass is 275 g/mol. The molecule has 2 fully saturated rings. The molecule has 2 amide bonds. The predicted octanol–water partition coefficient (Wildman–Crippen LogP) is 2.05. The fraction of sp³-hybridized carbons (Fsp3) is 0.533. The SMILES string of the molecule is COCC(Nc1ccc(N2CCNC2=O)cc1)C1CC1. The van der Waals surface area contributed by atoms with Crippen LogP contribution >= 0.6 is 0 Å². The second-order valence-corrected chi connectivity index (χ2v) is 5.47. The van der Waals surface area contributed by atoms with E-state index < -0.39 is 0 Å². The van der Waals surface area contributed by atoms with Gasteiger partial charge in [-0.15, -0.1) is 0 Å². The van der Waals surface area contributed by atoms with Gasteiger partial charge in [-0.05, 0) is 43.0 Å². The summed E-state index contributed by atoms with van der Waals surface area (Å²) in [5, 5.41) is 6.34. The van der Waals surface area contributed by atoms with Crippen molar-refractivity contribution in [3.8, 4) is 0 Å². The first-order valence-electron chi connectivity index (χ1n) is 7.19. The third kappa shape index (κ3) is 2.88. The molecule has 2 N–H and O–H groups in total. The van der Waals surface area contributed by atoms with Crippen LogP contribution in [-0.2, 0) is 4.74 Å². The van der Waals surface area contributed by atoms with E-state index in [1.165, 1.54) is 12.8 Å². The fourth-order valence-corrected chi connectivity index (χ4v) is 2.64. The first kappa shape index (κ1) is 13.2. The zero-order valence-corrected chi connectivity index (χ0v) is 11.8. The molecule has 1 saturated carbocycles. The minimum atomic E-state index is -0.0130. The maximum Gasteiger partial charge on any atom is 0.321 e. The molecular weight excluding hydrogens is 254 g/mol. The van der Waals surface area contributed by atoms with Crippen molar-refractivity contribution in [3.63, 3.8) is 0 Å². The fourth-order valence-electron chi connectivity index (χ4n) is 2.64. The lowest BCUT2D eigenvalue weighted by Gasteiger charge is -2.20. The van der Waals surface area contributed by atoms with E-state index in [2.05, 4.69) is 10.6 Å². The van der Waals surface area contributed by atoms with Crippen molar-refractivity contribution in [1.29, 1.82) is 0 Å². The van der Waals surface area contributed by atoms with E-state index in [9.17, 15) is 4.79 Å². The molecule has 0 bridgehead atoms. The lowest BCUT2D eigenvalue weighted by atomic mass is 10.1. The van der Waals surface area contributed by atoms with Gasteiger partial charge in [0.25, 0.3) is 0 Å². The maximum absolute atomic E-state index is 11.6. The first-order valence-corrected chi connectivity index (χ1v) is 7.19. The number of nitrogens with one attached hydrogen (secondary N) is 2. The Kier molecular flexibility index (Phi) is 3.78. The molecule has 1 saturated heterocycles. The third-order valence-corrected chi connectivity index (χ3v) is 3.93. The summed E-state index contributed by atoms with van der Waals surface area (Å²) in [5.41, 5.74) is 2.03. The van der Waals surface area contributed by atoms with Crippen molar-refractivity contribution in [2.45, 2.75) is 18.9 Å². The summed E-state index contributed by atoms with van der Waals surface area (Å²) in [5.74, 6) is 0.735. The molecule has 1 heterocycles. The highest BCUT2D eigenvalue weighted by Crippen LogP contribution is 2.34. The molecule has 108 valence electrons. The Bertz CT molecular complexity index is 471. The van der Waals surface area contributed by atoms with E-state index >= 15 is 0 Å². The highest BCUT2D eigenvalue weighted by atomic mass is 16.5. The van der Waals surface area contributed by atoms with Crippen molar-refractivity contribution >= 4 is 17.4 Å². The molecule has 0 aromatic heterocycles. The van der Waals surface area contributed by atoms with Crippen LogP contribution in [-0.4, -0.2) is 38.9 Å². The average Bonchev–Trinajstić information content (AvgIpc) is 3.22. The van der Waals surface area contributed by atoms with Crippen LogP contribution in [0.3, 0.4) is 0 Å². The van der Waals surface area contributed by atoms with Crippen molar-refractivity contribution in [3.05, 3.63) is 24.3 Å². The number of amides is 2. The Morgan fingerprint density at radius 3 is 2.70 bits per heavy atom. The molecule has 5 nitrogen and oxygen atoms in total. The molecule has 1 unspecified atom stereocenters. The van der Waals surface area contributed by atoms with Crippen LogP contribution in [0.2, 0.25) is 0 Å². The second-order valence-electron chi connectivity index (χ2n) is 5.47. The smallest absolute Gasteiger partial charge is 0.321 e. The highest BCUT2D eigenvalue weighted by molar-refractivity contribution is 5.94. The van der Waals surface area contributed by atoms with E-state index in [0.29, 0.717) is 6.04 Å². The molecule has 5 heteroatoms. The van der Waals surface area contributed by atoms with Crippen LogP contribution < -0.4 is 15.5 Å². The van der Waals surface area contributed by atoms with Crippen molar-refractivity contribution in [2.75, 3.05) is 37.0 Å². The minimum Gasteiger partial charge on any atom is -0.383 e. The first-order chi connectivity index (χ1) is 9.78. The number of anilines is 2. The van der Waals surface area contributed by atoms with Gasteiger partial charge in [-0.2, -0.15) is 0 Å². The predicted molar refractivity (Wildman–Crippen MR) is 79.2 cm³/mol. The number of hydrogen-bond donors (Lipinski definition) is 2. The van der Waals surface area contributed by atoms with E-state index in [1.54, 1.807) is 12.0 Å². The van der Waals surface area contributed by atoms with Crippen molar-refractivity contribution < 1.29 is 9.53 Å². The maximum atomic E-state index is 11.6. The zero-order chi connectivity index (χ0) is 13.9. The summed E-state index contributed by atoms with van der Waals surface area (Å²) in [7, 11) is 1.74. The summed E-state index contributed by atoms with van der Waals surface area (Å²) in [6.45, 7) is 2.19. The van der Waals surface area contributed by atoms with Crippen LogP contribution in [0, 0.1) is 5.92 Å². The van der Waals surface area contributed by atoms with E-state index in [4.69, 9.17) is 4.74 Å². The topological polar surface area (TPSA) is 53.6 Å². The molecule has 1 aromatic rings. The van der Waals surface area contributed by atoms with Gasteiger partial charge >= 0.3 is 6.03 Å². The number of ether oxygens (including phenoxy) is 1. The molecule has 1 atom stereocenters. The van der Waals surface area contributed by atoms with Crippen LogP contribution in [0.5, 0.6) is 0 Å². The molecule has 0 radical (unpaired) electrons. The summed E-state index contributed by atoms with van der Waals surface area (Å²) in [6, 6.07) is 8.42. The molecule has 0 spiro atoms. The lowest BCUT2D eigenvalue weighted by Crippen LogP contribution is -2.28. The van der Waals surface area contributed by atoms with Gasteiger partial charge in [0, 0.05) is 31.6 Å². The molecule has 20 heavy (non-hydrogen) atoms. The Balaban J connectivity index is 1.64. The third-order valence-electron chi connectivity index (χ3n) is 3.93. The van der Waals surface area contributed by atoms with Crippen LogP contribution in [0.4, 0.5) is 16.2 Å².